The number of nitrogens with one attached hydrogen (secondary N) is 1. The number of carboxylic acids is 3. The van der Waals surface area contributed by atoms with E-state index in [9.17, 15) is 14.4 Å². The average Bonchev–Trinajstić information content (AvgIpc) is 3.10. The third-order valence-corrected chi connectivity index (χ3v) is 4.25. The highest BCUT2D eigenvalue weighted by molar-refractivity contribution is 7.80. The second kappa shape index (κ2) is 13.8. The topological polar surface area (TPSA) is 206 Å². The van der Waals surface area contributed by atoms with Crippen LogP contribution in [-0.4, -0.2) is 67.8 Å². The summed E-state index contributed by atoms with van der Waals surface area (Å²) in [6.45, 7) is 0. The first-order chi connectivity index (χ1) is 13.5. The average molecular weight is 447 g/mol. The van der Waals surface area contributed by atoms with E-state index in [0.717, 1.165) is 16.5 Å². The first-order valence-electron chi connectivity index (χ1n) is 8.26. The number of benzene rings is 1. The predicted molar refractivity (Wildman–Crippen MR) is 117 cm³/mol. The predicted octanol–water partition coefficient (Wildman–Crippen LogP) is -0.221. The molecule has 2 rings (SSSR count). The Morgan fingerprint density at radius 2 is 1.31 bits per heavy atom. The number of aromatic nitrogens is 1. The fraction of sp³-hybridized carbons (Fsp3) is 0.353. The smallest absolute Gasteiger partial charge is 0.321 e. The molecule has 12 heteroatoms. The second-order valence-electron chi connectivity index (χ2n) is 5.76. The van der Waals surface area contributed by atoms with Gasteiger partial charge in [0.05, 0.1) is 0 Å². The minimum absolute atomic E-state index is 0.190. The Labute approximate surface area is 178 Å². The molecule has 0 spiro atoms. The summed E-state index contributed by atoms with van der Waals surface area (Å²) >= 11 is 7.30. The van der Waals surface area contributed by atoms with Crippen molar-refractivity contribution in [3.8, 4) is 0 Å². The van der Waals surface area contributed by atoms with E-state index < -0.39 is 36.0 Å². The molecule has 0 radical (unpaired) electrons. The molecule has 1 heterocycles. The summed E-state index contributed by atoms with van der Waals surface area (Å²) in [5.41, 5.74) is 17.3. The van der Waals surface area contributed by atoms with Crippen molar-refractivity contribution in [2.24, 2.45) is 17.2 Å². The van der Waals surface area contributed by atoms with Gasteiger partial charge in [-0.05, 0) is 11.6 Å². The molecule has 162 valence electrons. The van der Waals surface area contributed by atoms with Crippen molar-refractivity contribution in [1.82, 2.24) is 4.98 Å². The van der Waals surface area contributed by atoms with E-state index in [1.807, 2.05) is 30.5 Å². The number of H-pyrrole nitrogens is 1. The van der Waals surface area contributed by atoms with Gasteiger partial charge in [-0.3, -0.25) is 14.4 Å². The van der Waals surface area contributed by atoms with Crippen LogP contribution in [-0.2, 0) is 20.8 Å². The summed E-state index contributed by atoms with van der Waals surface area (Å²) in [4.78, 5) is 33.2. The summed E-state index contributed by atoms with van der Waals surface area (Å²) in [5, 5.41) is 25.8. The van der Waals surface area contributed by atoms with Crippen LogP contribution in [0.5, 0.6) is 0 Å². The summed E-state index contributed by atoms with van der Waals surface area (Å²) < 4.78 is 0. The van der Waals surface area contributed by atoms with Gasteiger partial charge in [0.1, 0.15) is 18.1 Å². The van der Waals surface area contributed by atoms with E-state index in [0.29, 0.717) is 6.42 Å². The highest BCUT2D eigenvalue weighted by Crippen LogP contribution is 2.18. The minimum atomic E-state index is -1.00. The number of thiol groups is 2. The Morgan fingerprint density at radius 1 is 0.862 bits per heavy atom. The zero-order valence-electron chi connectivity index (χ0n) is 15.4. The Kier molecular flexibility index (Phi) is 12.8. The molecular formula is C17H26N4O6S2. The van der Waals surface area contributed by atoms with Crippen LogP contribution in [0.4, 0.5) is 0 Å². The van der Waals surface area contributed by atoms with E-state index in [1.54, 1.807) is 0 Å². The molecule has 3 atom stereocenters. The van der Waals surface area contributed by atoms with E-state index in [4.69, 9.17) is 32.5 Å². The normalized spacial score (nSPS) is 13.1. The number of para-hydroxylation sites is 1. The van der Waals surface area contributed by atoms with Gasteiger partial charge in [-0.1, -0.05) is 18.2 Å². The fourth-order valence-corrected chi connectivity index (χ4v) is 2.09. The van der Waals surface area contributed by atoms with Crippen LogP contribution >= 0.6 is 25.3 Å². The van der Waals surface area contributed by atoms with Crippen molar-refractivity contribution in [3.05, 3.63) is 36.0 Å². The standard InChI is InChI=1S/C11H12N2O2.2C3H7NO2S/c12-9(11(14)15)5-7-6-13-10-4-2-1-3-8(7)10;2*4-2(1-7)3(5)6/h1-4,6,9,13H,5,12H2,(H,14,15);2*2,7H,1,4H2,(H,5,6)/t9-;2*2-/m000/s1. The van der Waals surface area contributed by atoms with Gasteiger partial charge in [-0.25, -0.2) is 0 Å². The molecule has 0 bridgehead atoms. The Balaban J connectivity index is 0.000000473. The molecular weight excluding hydrogens is 420 g/mol. The van der Waals surface area contributed by atoms with Gasteiger partial charge in [0.25, 0.3) is 0 Å². The van der Waals surface area contributed by atoms with E-state index >= 15 is 0 Å². The molecule has 0 unspecified atom stereocenters. The van der Waals surface area contributed by atoms with Gasteiger partial charge < -0.3 is 37.5 Å². The zero-order valence-corrected chi connectivity index (χ0v) is 17.2. The largest absolute Gasteiger partial charge is 0.480 e. The number of carboxylic acid groups (broad SMARTS) is 3. The van der Waals surface area contributed by atoms with Crippen LogP contribution < -0.4 is 17.2 Å². The lowest BCUT2D eigenvalue weighted by Crippen LogP contribution is -2.32. The minimum Gasteiger partial charge on any atom is -0.480 e. The molecule has 10 nitrogen and oxygen atoms in total. The second-order valence-corrected chi connectivity index (χ2v) is 6.49. The molecule has 0 aliphatic carbocycles. The SMILES string of the molecule is N[C@@H](CS)C(=O)O.N[C@@H](CS)C(=O)O.N[C@@H](Cc1c[nH]c2ccccc12)C(=O)O. The van der Waals surface area contributed by atoms with Crippen LogP contribution in [0, 0.1) is 0 Å². The van der Waals surface area contributed by atoms with Gasteiger partial charge in [-0.15, -0.1) is 0 Å². The molecule has 29 heavy (non-hydrogen) atoms. The van der Waals surface area contributed by atoms with Crippen molar-refractivity contribution in [1.29, 1.82) is 0 Å². The maximum atomic E-state index is 10.6. The molecule has 0 aliphatic heterocycles. The lowest BCUT2D eigenvalue weighted by molar-refractivity contribution is -0.139. The number of aliphatic carboxylic acids is 3. The molecule has 0 aliphatic rings. The molecule has 0 amide bonds. The Hall–Kier alpha value is -2.25. The lowest BCUT2D eigenvalue weighted by atomic mass is 10.1. The maximum absolute atomic E-state index is 10.6. The van der Waals surface area contributed by atoms with Crippen molar-refractivity contribution >= 4 is 54.1 Å². The first-order valence-corrected chi connectivity index (χ1v) is 9.53. The molecule has 2 aromatic rings. The molecule has 0 saturated heterocycles. The first kappa shape index (κ1) is 26.8. The van der Waals surface area contributed by atoms with Crippen LogP contribution in [0.25, 0.3) is 10.9 Å². The molecule has 1 aromatic heterocycles. The number of carbonyl (C=O) groups is 3. The number of fused-ring (bicyclic) bond motifs is 1. The maximum Gasteiger partial charge on any atom is 0.321 e. The molecule has 0 fully saturated rings. The van der Waals surface area contributed by atoms with Crippen LogP contribution in [0.2, 0.25) is 0 Å². The monoisotopic (exact) mass is 446 g/mol. The molecule has 1 aromatic carbocycles. The molecule has 0 saturated carbocycles. The van der Waals surface area contributed by atoms with Gasteiger partial charge in [-0.2, -0.15) is 25.3 Å². The lowest BCUT2D eigenvalue weighted by Gasteiger charge is -2.04. The van der Waals surface area contributed by atoms with Gasteiger partial charge in [0, 0.05) is 35.0 Å². The highest BCUT2D eigenvalue weighted by atomic mass is 32.1. The summed E-state index contributed by atoms with van der Waals surface area (Å²) in [6.07, 6.45) is 2.16. The fourth-order valence-electron chi connectivity index (χ4n) is 1.78. The van der Waals surface area contributed by atoms with Crippen molar-refractivity contribution < 1.29 is 29.7 Å². The Morgan fingerprint density at radius 3 is 1.69 bits per heavy atom. The zero-order chi connectivity index (χ0) is 22.6. The summed E-state index contributed by atoms with van der Waals surface area (Å²) in [6, 6.07) is 5.28. The summed E-state index contributed by atoms with van der Waals surface area (Å²) in [5.74, 6) is -2.60. The number of nitrogens with two attached hydrogens (primary N) is 3. The quantitative estimate of drug-likeness (QED) is 0.257. The van der Waals surface area contributed by atoms with E-state index in [-0.39, 0.29) is 11.5 Å². The molecule has 10 N–H and O–H groups in total. The number of hydrogen-bond donors (Lipinski definition) is 9. The van der Waals surface area contributed by atoms with E-state index in [2.05, 4.69) is 30.2 Å². The van der Waals surface area contributed by atoms with Gasteiger partial charge in [0.2, 0.25) is 0 Å². The highest BCUT2D eigenvalue weighted by Gasteiger charge is 2.14. The van der Waals surface area contributed by atoms with Crippen LogP contribution in [0.3, 0.4) is 0 Å². The summed E-state index contributed by atoms with van der Waals surface area (Å²) in [7, 11) is 0. The number of rotatable bonds is 7. The third kappa shape index (κ3) is 10.2. The number of aromatic amines is 1. The van der Waals surface area contributed by atoms with Gasteiger partial charge >= 0.3 is 17.9 Å². The van der Waals surface area contributed by atoms with Crippen molar-refractivity contribution in [2.45, 2.75) is 24.5 Å². The van der Waals surface area contributed by atoms with Crippen molar-refractivity contribution in [3.63, 3.8) is 0 Å². The van der Waals surface area contributed by atoms with Gasteiger partial charge in [0.15, 0.2) is 0 Å². The number of hydrogen-bond acceptors (Lipinski definition) is 8. The van der Waals surface area contributed by atoms with E-state index in [1.165, 1.54) is 0 Å². The van der Waals surface area contributed by atoms with Crippen LogP contribution in [0.15, 0.2) is 30.5 Å². The Bertz CT molecular complexity index is 781. The third-order valence-electron chi connectivity index (χ3n) is 3.46. The van der Waals surface area contributed by atoms with Crippen LogP contribution in [0.1, 0.15) is 5.56 Å². The van der Waals surface area contributed by atoms with Crippen molar-refractivity contribution in [2.75, 3.05) is 11.5 Å².